The Labute approximate surface area is 209 Å². The maximum Gasteiger partial charge on any atom is 0.326 e. The molecule has 10 N–H and O–H groups in total. The van der Waals surface area contributed by atoms with E-state index in [1.807, 2.05) is 13.8 Å². The fourth-order valence-corrected chi connectivity index (χ4v) is 3.91. The molecule has 2 rings (SSSR count). The number of H-pyrrole nitrogens is 1. The summed E-state index contributed by atoms with van der Waals surface area (Å²) in [6.45, 7) is 4.26. The Bertz CT molecular complexity index is 930. The number of guanidine groups is 1. The molecule has 14 nitrogen and oxygen atoms in total. The number of aromatic nitrogens is 2. The van der Waals surface area contributed by atoms with Crippen LogP contribution in [0, 0.1) is 5.92 Å². The number of nitrogens with one attached hydrogen (secondary N) is 3. The van der Waals surface area contributed by atoms with Crippen LogP contribution in [0.3, 0.4) is 0 Å². The number of hydrogen-bond donors (Lipinski definition) is 7. The topological polar surface area (TPSA) is 235 Å². The lowest BCUT2D eigenvalue weighted by Gasteiger charge is -2.29. The van der Waals surface area contributed by atoms with Gasteiger partial charge >= 0.3 is 5.97 Å². The van der Waals surface area contributed by atoms with Crippen molar-refractivity contribution in [3.05, 3.63) is 18.2 Å². The SMILES string of the molecule is CC(C)[C@H](N)C(=O)N1CCC[C@H]1C(=O)N[C@@H](CCCN=C(N)N)C(=O)N[C@@H](Cc1cnc[nH]1)C(=O)O. The van der Waals surface area contributed by atoms with Gasteiger partial charge in [0.1, 0.15) is 18.1 Å². The molecule has 4 atom stereocenters. The maximum atomic E-state index is 13.2. The van der Waals surface area contributed by atoms with Crippen molar-refractivity contribution in [1.29, 1.82) is 0 Å². The number of amides is 3. The van der Waals surface area contributed by atoms with Crippen molar-refractivity contribution < 1.29 is 24.3 Å². The van der Waals surface area contributed by atoms with Crippen molar-refractivity contribution in [1.82, 2.24) is 25.5 Å². The fourth-order valence-electron chi connectivity index (χ4n) is 3.91. The summed E-state index contributed by atoms with van der Waals surface area (Å²) in [6.07, 6.45) is 4.40. The van der Waals surface area contributed by atoms with Gasteiger partial charge < -0.3 is 42.8 Å². The van der Waals surface area contributed by atoms with E-state index in [2.05, 4.69) is 25.6 Å². The molecule has 14 heteroatoms. The van der Waals surface area contributed by atoms with E-state index in [0.717, 1.165) is 0 Å². The van der Waals surface area contributed by atoms with Crippen LogP contribution < -0.4 is 27.8 Å². The molecule has 0 aliphatic carbocycles. The van der Waals surface area contributed by atoms with E-state index in [1.54, 1.807) is 0 Å². The highest BCUT2D eigenvalue weighted by atomic mass is 16.4. The molecule has 3 amide bonds. The summed E-state index contributed by atoms with van der Waals surface area (Å²) in [5.41, 5.74) is 17.2. The average Bonchev–Trinajstić information content (AvgIpc) is 3.51. The number of nitrogens with two attached hydrogens (primary N) is 3. The average molecular weight is 508 g/mol. The summed E-state index contributed by atoms with van der Waals surface area (Å²) < 4.78 is 0. The highest BCUT2D eigenvalue weighted by molar-refractivity contribution is 5.94. The van der Waals surface area contributed by atoms with Crippen LogP contribution in [0.15, 0.2) is 17.5 Å². The highest BCUT2D eigenvalue weighted by Crippen LogP contribution is 2.20. The molecule has 36 heavy (non-hydrogen) atoms. The van der Waals surface area contributed by atoms with Crippen LogP contribution in [0.2, 0.25) is 0 Å². The van der Waals surface area contributed by atoms with Gasteiger partial charge in [-0.3, -0.25) is 19.4 Å². The number of rotatable bonds is 13. The van der Waals surface area contributed by atoms with Crippen molar-refractivity contribution in [3.63, 3.8) is 0 Å². The number of aliphatic imine (C=N–C) groups is 1. The number of carbonyl (C=O) groups excluding carboxylic acids is 3. The molecule has 2 heterocycles. The third-order valence-corrected chi connectivity index (χ3v) is 6.01. The summed E-state index contributed by atoms with van der Waals surface area (Å²) >= 11 is 0. The number of carbonyl (C=O) groups is 4. The Kier molecular flexibility index (Phi) is 10.6. The summed E-state index contributed by atoms with van der Waals surface area (Å²) in [5, 5.41) is 14.8. The highest BCUT2D eigenvalue weighted by Gasteiger charge is 2.38. The third-order valence-electron chi connectivity index (χ3n) is 6.01. The number of hydrogen-bond acceptors (Lipinski definition) is 7. The Hall–Kier alpha value is -3.68. The summed E-state index contributed by atoms with van der Waals surface area (Å²) in [7, 11) is 0. The van der Waals surface area contributed by atoms with Crippen LogP contribution in [0.25, 0.3) is 0 Å². The van der Waals surface area contributed by atoms with Gasteiger partial charge in [0.15, 0.2) is 5.96 Å². The van der Waals surface area contributed by atoms with Crippen LogP contribution in [0.1, 0.15) is 45.2 Å². The van der Waals surface area contributed by atoms with E-state index >= 15 is 0 Å². The number of carboxylic acid groups (broad SMARTS) is 1. The maximum absolute atomic E-state index is 13.2. The number of nitrogens with zero attached hydrogens (tertiary/aromatic N) is 3. The first-order valence-corrected chi connectivity index (χ1v) is 11.9. The third kappa shape index (κ3) is 8.22. The second kappa shape index (κ2) is 13.4. The van der Waals surface area contributed by atoms with Gasteiger partial charge in [-0.25, -0.2) is 9.78 Å². The molecule has 0 bridgehead atoms. The second-order valence-electron chi connectivity index (χ2n) is 9.15. The molecular formula is C22H37N9O5. The zero-order valence-corrected chi connectivity index (χ0v) is 20.6. The van der Waals surface area contributed by atoms with Crippen LogP contribution >= 0.6 is 0 Å². The van der Waals surface area contributed by atoms with Gasteiger partial charge in [0.2, 0.25) is 17.7 Å². The van der Waals surface area contributed by atoms with Gasteiger partial charge in [0.05, 0.1) is 12.4 Å². The van der Waals surface area contributed by atoms with Gasteiger partial charge in [-0.05, 0) is 31.6 Å². The second-order valence-corrected chi connectivity index (χ2v) is 9.15. The van der Waals surface area contributed by atoms with Gasteiger partial charge in [-0.2, -0.15) is 0 Å². The fraction of sp³-hybridized carbons (Fsp3) is 0.636. The van der Waals surface area contributed by atoms with Crippen molar-refractivity contribution in [3.8, 4) is 0 Å². The Morgan fingerprint density at radius 3 is 2.56 bits per heavy atom. The molecule has 0 aromatic carbocycles. The molecule has 200 valence electrons. The predicted molar refractivity (Wildman–Crippen MR) is 131 cm³/mol. The van der Waals surface area contributed by atoms with Crippen LogP contribution in [-0.2, 0) is 25.6 Å². The molecule has 1 saturated heterocycles. The first kappa shape index (κ1) is 28.6. The first-order chi connectivity index (χ1) is 17.0. The van der Waals surface area contributed by atoms with E-state index in [0.29, 0.717) is 31.5 Å². The molecule has 0 radical (unpaired) electrons. The Balaban J connectivity index is 2.13. The monoisotopic (exact) mass is 507 g/mol. The van der Waals surface area contributed by atoms with E-state index < -0.39 is 42.0 Å². The van der Waals surface area contributed by atoms with Gasteiger partial charge in [-0.15, -0.1) is 0 Å². The van der Waals surface area contributed by atoms with Crippen molar-refractivity contribution in [2.75, 3.05) is 13.1 Å². The molecule has 0 spiro atoms. The standard InChI is InChI=1S/C22H37N9O5/c1-12(2)17(23)20(34)31-8-4-6-16(31)19(33)29-14(5-3-7-27-22(24)25)18(32)30-15(21(35)36)9-13-10-26-11-28-13/h10-12,14-17H,3-9,23H2,1-2H3,(H,26,28)(H,29,33)(H,30,32)(H,35,36)(H4,24,25,27)/t14-,15-,16-,17-/m0/s1. The lowest BCUT2D eigenvalue weighted by molar-refractivity contribution is -0.143. The molecule has 0 saturated carbocycles. The van der Waals surface area contributed by atoms with Crippen LogP contribution in [0.4, 0.5) is 0 Å². The lowest BCUT2D eigenvalue weighted by atomic mass is 10.0. The molecule has 1 aromatic heterocycles. The number of aliphatic carboxylic acids is 1. The summed E-state index contributed by atoms with van der Waals surface area (Å²) in [5.74, 6) is -2.93. The largest absolute Gasteiger partial charge is 0.480 e. The van der Waals surface area contributed by atoms with E-state index in [9.17, 15) is 24.3 Å². The minimum Gasteiger partial charge on any atom is -0.480 e. The smallest absolute Gasteiger partial charge is 0.326 e. The van der Waals surface area contributed by atoms with Crippen molar-refractivity contribution >= 4 is 29.7 Å². The number of aromatic amines is 1. The molecule has 1 aromatic rings. The Morgan fingerprint density at radius 2 is 1.97 bits per heavy atom. The van der Waals surface area contributed by atoms with Gasteiger partial charge in [-0.1, -0.05) is 13.8 Å². The Morgan fingerprint density at radius 1 is 1.25 bits per heavy atom. The molecule has 1 aliphatic heterocycles. The quantitative estimate of drug-likeness (QED) is 0.0889. The first-order valence-electron chi connectivity index (χ1n) is 11.9. The molecular weight excluding hydrogens is 470 g/mol. The zero-order chi connectivity index (χ0) is 26.8. The van der Waals surface area contributed by atoms with E-state index in [1.165, 1.54) is 17.4 Å². The lowest BCUT2D eigenvalue weighted by Crippen LogP contribution is -2.57. The predicted octanol–water partition coefficient (Wildman–Crippen LogP) is -1.97. The zero-order valence-electron chi connectivity index (χ0n) is 20.6. The number of imidazole rings is 1. The van der Waals surface area contributed by atoms with E-state index in [-0.39, 0.29) is 37.2 Å². The number of likely N-dealkylation sites (tertiary alicyclic amines) is 1. The molecule has 1 aliphatic rings. The normalized spacial score (nSPS) is 17.8. The van der Waals surface area contributed by atoms with Crippen molar-refractivity contribution in [2.24, 2.45) is 28.1 Å². The van der Waals surface area contributed by atoms with E-state index in [4.69, 9.17) is 17.2 Å². The summed E-state index contributed by atoms with van der Waals surface area (Å²) in [6, 6.07) is -3.82. The molecule has 0 unspecified atom stereocenters. The van der Waals surface area contributed by atoms with Crippen molar-refractivity contribution in [2.45, 2.75) is 70.1 Å². The van der Waals surface area contributed by atoms with Gasteiger partial charge in [0, 0.05) is 31.4 Å². The minimum absolute atomic E-state index is 0.0201. The number of carboxylic acids is 1. The van der Waals surface area contributed by atoms with Gasteiger partial charge in [0.25, 0.3) is 0 Å². The van der Waals surface area contributed by atoms with Crippen LogP contribution in [-0.4, -0.2) is 86.9 Å². The molecule has 1 fully saturated rings. The van der Waals surface area contributed by atoms with Crippen LogP contribution in [0.5, 0.6) is 0 Å². The minimum atomic E-state index is -1.25. The summed E-state index contributed by atoms with van der Waals surface area (Å²) in [4.78, 5) is 62.8.